The molecule has 2 nitrogen and oxygen atoms in total. The molecule has 0 amide bonds. The van der Waals surface area contributed by atoms with Crippen LogP contribution in [-0.4, -0.2) is 24.2 Å². The van der Waals surface area contributed by atoms with Gasteiger partial charge in [0.25, 0.3) is 0 Å². The number of allylic oxidation sites excluding steroid dienone is 1. The zero-order chi connectivity index (χ0) is 10.0. The van der Waals surface area contributed by atoms with E-state index in [4.69, 9.17) is 23.2 Å². The van der Waals surface area contributed by atoms with Crippen molar-refractivity contribution in [2.24, 2.45) is 5.92 Å². The molecular formula is C8H6Cl2O2S2. The van der Waals surface area contributed by atoms with Crippen LogP contribution in [0.3, 0.4) is 0 Å². The Hall–Kier alpha value is 0.360. The zero-order valence-corrected chi connectivity index (χ0v) is 10.00. The average Bonchev–Trinajstić information content (AvgIpc) is 2.64. The van der Waals surface area contributed by atoms with Gasteiger partial charge in [0, 0.05) is 32.2 Å². The second kappa shape index (κ2) is 2.94. The summed E-state index contributed by atoms with van der Waals surface area (Å²) in [7, 11) is -2.11. The smallest absolute Gasteiger partial charge is 0.0797 e. The van der Waals surface area contributed by atoms with Crippen LogP contribution in [0.2, 0.25) is 0 Å². The predicted molar refractivity (Wildman–Crippen MR) is 59.0 cm³/mol. The van der Waals surface area contributed by atoms with Crippen molar-refractivity contribution in [1.82, 2.24) is 0 Å². The number of halogens is 2. The second-order valence-electron chi connectivity index (χ2n) is 3.59. The molecule has 3 heterocycles. The fraction of sp³-hybridized carbons (Fsp3) is 0.500. The van der Waals surface area contributed by atoms with E-state index < -0.39 is 21.6 Å². The van der Waals surface area contributed by atoms with Gasteiger partial charge in [-0.05, 0) is 0 Å². The topological polar surface area (TPSA) is 34.1 Å². The van der Waals surface area contributed by atoms with Crippen molar-refractivity contribution in [3.63, 3.8) is 0 Å². The first-order valence-electron chi connectivity index (χ1n) is 4.14. The van der Waals surface area contributed by atoms with Crippen LogP contribution < -0.4 is 0 Å². The van der Waals surface area contributed by atoms with E-state index in [0.717, 1.165) is 0 Å². The van der Waals surface area contributed by atoms with Crippen LogP contribution >= 0.6 is 23.2 Å². The van der Waals surface area contributed by atoms with Crippen molar-refractivity contribution in [1.29, 1.82) is 0 Å². The van der Waals surface area contributed by atoms with Crippen molar-refractivity contribution >= 4 is 44.8 Å². The van der Waals surface area contributed by atoms with E-state index in [1.807, 2.05) is 0 Å². The summed E-state index contributed by atoms with van der Waals surface area (Å²) in [6, 6.07) is 0. The Labute approximate surface area is 96.3 Å². The van der Waals surface area contributed by atoms with E-state index in [-0.39, 0.29) is 21.7 Å². The Kier molecular flexibility index (Phi) is 2.01. The molecule has 0 aliphatic carbocycles. The van der Waals surface area contributed by atoms with E-state index in [1.54, 1.807) is 11.5 Å². The van der Waals surface area contributed by atoms with Crippen LogP contribution in [0.4, 0.5) is 0 Å². The summed E-state index contributed by atoms with van der Waals surface area (Å²) in [5.74, 6) is -0.0687. The van der Waals surface area contributed by atoms with E-state index >= 15 is 0 Å². The van der Waals surface area contributed by atoms with Crippen LogP contribution in [0.25, 0.3) is 0 Å². The number of hydrogen-bond donors (Lipinski definition) is 0. The highest BCUT2D eigenvalue weighted by molar-refractivity contribution is 7.93. The zero-order valence-electron chi connectivity index (χ0n) is 6.85. The van der Waals surface area contributed by atoms with Crippen LogP contribution in [0.1, 0.15) is 0 Å². The Morgan fingerprint density at radius 2 is 1.93 bits per heavy atom. The molecule has 3 aliphatic heterocycles. The monoisotopic (exact) mass is 268 g/mol. The van der Waals surface area contributed by atoms with Crippen LogP contribution in [0.5, 0.6) is 0 Å². The van der Waals surface area contributed by atoms with Crippen LogP contribution in [0.15, 0.2) is 21.5 Å². The van der Waals surface area contributed by atoms with E-state index in [0.29, 0.717) is 10.1 Å². The van der Waals surface area contributed by atoms with Gasteiger partial charge in [0.15, 0.2) is 0 Å². The molecule has 1 fully saturated rings. The Morgan fingerprint density at radius 3 is 2.64 bits per heavy atom. The SMILES string of the molecule is O=S1[C@@H]2C=C(Cl)[C@H]1[C@H]1C(Cl)=C[S@@](=O)[C@H]12. The molecule has 0 aromatic heterocycles. The minimum atomic E-state index is -1.08. The van der Waals surface area contributed by atoms with Crippen molar-refractivity contribution < 1.29 is 8.42 Å². The van der Waals surface area contributed by atoms with Crippen LogP contribution in [0, 0.1) is 5.92 Å². The van der Waals surface area contributed by atoms with E-state index in [1.165, 1.54) is 0 Å². The summed E-state index contributed by atoms with van der Waals surface area (Å²) in [4.78, 5) is 0. The first-order chi connectivity index (χ1) is 6.61. The third-order valence-corrected chi connectivity index (χ3v) is 7.71. The maximum atomic E-state index is 11.8. The summed E-state index contributed by atoms with van der Waals surface area (Å²) in [6.45, 7) is 0. The predicted octanol–water partition coefficient (Wildman–Crippen LogP) is 1.45. The van der Waals surface area contributed by atoms with Gasteiger partial charge in [0.1, 0.15) is 0 Å². The molecule has 0 N–H and O–H groups in total. The van der Waals surface area contributed by atoms with Crippen LogP contribution in [-0.2, 0) is 21.6 Å². The third-order valence-electron chi connectivity index (χ3n) is 2.93. The van der Waals surface area contributed by atoms with Crippen molar-refractivity contribution in [3.05, 3.63) is 21.5 Å². The van der Waals surface area contributed by atoms with Crippen molar-refractivity contribution in [2.75, 3.05) is 0 Å². The first-order valence-corrected chi connectivity index (χ1v) is 7.45. The molecule has 0 saturated carbocycles. The molecule has 1 unspecified atom stereocenters. The average molecular weight is 269 g/mol. The summed E-state index contributed by atoms with van der Waals surface area (Å²) in [5, 5.41) is 2.29. The molecule has 2 bridgehead atoms. The van der Waals surface area contributed by atoms with Gasteiger partial charge in [-0.1, -0.05) is 29.3 Å². The number of rotatable bonds is 0. The van der Waals surface area contributed by atoms with Gasteiger partial charge < -0.3 is 0 Å². The molecule has 0 aromatic rings. The highest BCUT2D eigenvalue weighted by atomic mass is 35.5. The van der Waals surface area contributed by atoms with Gasteiger partial charge in [-0.15, -0.1) is 0 Å². The number of fused-ring (bicyclic) bond motifs is 5. The second-order valence-corrected chi connectivity index (χ2v) is 7.61. The maximum Gasteiger partial charge on any atom is 0.0797 e. The molecular weight excluding hydrogens is 263 g/mol. The number of hydrogen-bond acceptors (Lipinski definition) is 2. The summed E-state index contributed by atoms with van der Waals surface area (Å²) < 4.78 is 23.5. The highest BCUT2D eigenvalue weighted by Gasteiger charge is 2.59. The lowest BCUT2D eigenvalue weighted by Crippen LogP contribution is -2.29. The van der Waals surface area contributed by atoms with Gasteiger partial charge in [-0.2, -0.15) is 0 Å². The van der Waals surface area contributed by atoms with Gasteiger partial charge in [-0.25, -0.2) is 0 Å². The van der Waals surface area contributed by atoms with Crippen molar-refractivity contribution in [2.45, 2.75) is 15.7 Å². The lowest BCUT2D eigenvalue weighted by Gasteiger charge is -2.19. The largest absolute Gasteiger partial charge is 0.258 e. The molecule has 0 spiro atoms. The Bertz CT molecular complexity index is 429. The molecule has 6 atom stereocenters. The standard InChI is InChI=1S/C8H6Cl2O2S2/c9-3-1-5-8-6(7(3)14(5)12)4(10)2-13(8)11/h1-2,5-8H/t5-,6-,7+,8+,13-,14?/m1/s1. The minimum Gasteiger partial charge on any atom is -0.258 e. The van der Waals surface area contributed by atoms with Gasteiger partial charge in [0.2, 0.25) is 0 Å². The molecule has 1 saturated heterocycles. The lowest BCUT2D eigenvalue weighted by atomic mass is 9.94. The van der Waals surface area contributed by atoms with E-state index in [2.05, 4.69) is 0 Å². The van der Waals surface area contributed by atoms with E-state index in [9.17, 15) is 8.42 Å². The first kappa shape index (κ1) is 9.58. The van der Waals surface area contributed by atoms with Gasteiger partial charge in [0.05, 0.1) is 26.5 Å². The fourth-order valence-electron chi connectivity index (χ4n) is 2.37. The molecule has 14 heavy (non-hydrogen) atoms. The molecule has 3 aliphatic rings. The quantitative estimate of drug-likeness (QED) is 0.667. The molecule has 76 valence electrons. The lowest BCUT2D eigenvalue weighted by molar-refractivity contribution is 0.622. The fourth-order valence-corrected chi connectivity index (χ4v) is 7.84. The normalized spacial score (nSPS) is 54.4. The van der Waals surface area contributed by atoms with Gasteiger partial charge in [-0.3, -0.25) is 8.42 Å². The highest BCUT2D eigenvalue weighted by Crippen LogP contribution is 2.52. The summed E-state index contributed by atoms with van der Waals surface area (Å²) in [5.41, 5.74) is 0. The summed E-state index contributed by atoms with van der Waals surface area (Å²) in [6.07, 6.45) is 1.78. The Balaban J connectivity index is 2.15. The molecule has 3 rings (SSSR count). The third kappa shape index (κ3) is 0.979. The summed E-state index contributed by atoms with van der Waals surface area (Å²) >= 11 is 11.9. The molecule has 6 heteroatoms. The van der Waals surface area contributed by atoms with Crippen molar-refractivity contribution in [3.8, 4) is 0 Å². The Morgan fingerprint density at radius 1 is 1.21 bits per heavy atom. The van der Waals surface area contributed by atoms with Gasteiger partial charge >= 0.3 is 0 Å². The minimum absolute atomic E-state index is 0.0687. The molecule has 0 radical (unpaired) electrons. The molecule has 0 aromatic carbocycles. The maximum absolute atomic E-state index is 11.8.